The summed E-state index contributed by atoms with van der Waals surface area (Å²) >= 11 is 3.31. The lowest BCUT2D eigenvalue weighted by atomic mass is 9.96. The summed E-state index contributed by atoms with van der Waals surface area (Å²) in [5, 5.41) is 4.56. The molecule has 1 aromatic heterocycles. The molecule has 1 aromatic carbocycles. The van der Waals surface area contributed by atoms with Gasteiger partial charge in [0.1, 0.15) is 6.61 Å². The molecule has 112 valence electrons. The van der Waals surface area contributed by atoms with Crippen LogP contribution in [0.4, 0.5) is 4.39 Å². The predicted octanol–water partition coefficient (Wildman–Crippen LogP) is 4.87. The molecule has 0 aliphatic heterocycles. The number of rotatable bonds is 4. The van der Waals surface area contributed by atoms with Gasteiger partial charge in [0.2, 0.25) is 0 Å². The zero-order chi connectivity index (χ0) is 14.7. The number of ether oxygens (including phenoxy) is 1. The average molecular weight is 353 g/mol. The van der Waals surface area contributed by atoms with Crippen molar-refractivity contribution in [3.8, 4) is 5.75 Å². The Kier molecular flexibility index (Phi) is 4.58. The molecule has 0 spiro atoms. The van der Waals surface area contributed by atoms with Gasteiger partial charge < -0.3 is 4.74 Å². The summed E-state index contributed by atoms with van der Waals surface area (Å²) < 4.78 is 22.0. The van der Waals surface area contributed by atoms with Crippen LogP contribution in [0.1, 0.15) is 43.8 Å². The Hall–Kier alpha value is -1.36. The summed E-state index contributed by atoms with van der Waals surface area (Å²) in [6.45, 7) is 0.285. The summed E-state index contributed by atoms with van der Waals surface area (Å²) in [5.74, 6) is -0.110. The SMILES string of the molecule is Fc1ccc(Br)cc1OCc1ccn(C2CCCCC2)n1. The minimum atomic E-state index is -0.357. The van der Waals surface area contributed by atoms with E-state index in [1.54, 1.807) is 12.1 Å². The second-order valence-electron chi connectivity index (χ2n) is 5.44. The first-order chi connectivity index (χ1) is 10.2. The highest BCUT2D eigenvalue weighted by atomic mass is 79.9. The van der Waals surface area contributed by atoms with Gasteiger partial charge in [0, 0.05) is 10.7 Å². The third kappa shape index (κ3) is 3.64. The first kappa shape index (κ1) is 14.6. The van der Waals surface area contributed by atoms with Gasteiger partial charge in [-0.25, -0.2) is 4.39 Å². The molecule has 0 amide bonds. The lowest BCUT2D eigenvalue weighted by molar-refractivity contribution is 0.278. The second kappa shape index (κ2) is 6.60. The van der Waals surface area contributed by atoms with Crippen molar-refractivity contribution in [1.82, 2.24) is 9.78 Å². The van der Waals surface area contributed by atoms with E-state index in [4.69, 9.17) is 4.74 Å². The molecule has 1 fully saturated rings. The van der Waals surface area contributed by atoms with Crippen LogP contribution in [-0.2, 0) is 6.61 Å². The molecule has 0 bridgehead atoms. The number of hydrogen-bond acceptors (Lipinski definition) is 2. The number of hydrogen-bond donors (Lipinski definition) is 0. The topological polar surface area (TPSA) is 27.1 Å². The Balaban J connectivity index is 1.63. The molecular weight excluding hydrogens is 335 g/mol. The van der Waals surface area contributed by atoms with Gasteiger partial charge in [0.05, 0.1) is 11.7 Å². The zero-order valence-electron chi connectivity index (χ0n) is 11.8. The van der Waals surface area contributed by atoms with Crippen molar-refractivity contribution in [2.24, 2.45) is 0 Å². The van der Waals surface area contributed by atoms with E-state index in [2.05, 4.69) is 21.0 Å². The van der Waals surface area contributed by atoms with Crippen molar-refractivity contribution in [2.75, 3.05) is 0 Å². The number of nitrogens with zero attached hydrogens (tertiary/aromatic N) is 2. The van der Waals surface area contributed by atoms with Gasteiger partial charge in [0.15, 0.2) is 11.6 Å². The van der Waals surface area contributed by atoms with Gasteiger partial charge in [0.25, 0.3) is 0 Å². The third-order valence-corrected chi connectivity index (χ3v) is 4.37. The van der Waals surface area contributed by atoms with Crippen LogP contribution in [-0.4, -0.2) is 9.78 Å². The summed E-state index contributed by atoms with van der Waals surface area (Å²) in [4.78, 5) is 0. The fourth-order valence-corrected chi connectivity index (χ4v) is 3.08. The molecule has 0 unspecified atom stereocenters. The maximum absolute atomic E-state index is 13.6. The van der Waals surface area contributed by atoms with Crippen LogP contribution >= 0.6 is 15.9 Å². The fraction of sp³-hybridized carbons (Fsp3) is 0.438. The minimum Gasteiger partial charge on any atom is -0.484 e. The van der Waals surface area contributed by atoms with Crippen LogP contribution < -0.4 is 4.74 Å². The van der Waals surface area contributed by atoms with Crippen LogP contribution in [0.3, 0.4) is 0 Å². The molecule has 2 aromatic rings. The van der Waals surface area contributed by atoms with E-state index in [0.717, 1.165) is 10.2 Å². The molecule has 21 heavy (non-hydrogen) atoms. The van der Waals surface area contributed by atoms with E-state index in [1.807, 2.05) is 16.9 Å². The van der Waals surface area contributed by atoms with Crippen LogP contribution in [0.15, 0.2) is 34.9 Å². The lowest BCUT2D eigenvalue weighted by Crippen LogP contribution is -2.13. The van der Waals surface area contributed by atoms with E-state index in [1.165, 1.54) is 38.2 Å². The molecule has 0 radical (unpaired) electrons. The van der Waals surface area contributed by atoms with Crippen molar-refractivity contribution < 1.29 is 9.13 Å². The largest absolute Gasteiger partial charge is 0.484 e. The first-order valence-corrected chi connectivity index (χ1v) is 8.13. The number of aromatic nitrogens is 2. The summed E-state index contributed by atoms with van der Waals surface area (Å²) in [6, 6.07) is 7.13. The minimum absolute atomic E-state index is 0.247. The van der Waals surface area contributed by atoms with Gasteiger partial charge in [-0.2, -0.15) is 5.10 Å². The standard InChI is InChI=1S/C16H18BrFN2O/c17-12-6-7-15(18)16(10-12)21-11-13-8-9-20(19-13)14-4-2-1-3-5-14/h6-10,14H,1-5,11H2. The maximum Gasteiger partial charge on any atom is 0.165 e. The molecule has 1 aliphatic rings. The van der Waals surface area contributed by atoms with Crippen molar-refractivity contribution >= 4 is 15.9 Å². The summed E-state index contributed by atoms with van der Waals surface area (Å²) in [7, 11) is 0. The average Bonchev–Trinajstić information content (AvgIpc) is 2.98. The Morgan fingerprint density at radius 2 is 2.05 bits per heavy atom. The van der Waals surface area contributed by atoms with E-state index >= 15 is 0 Å². The predicted molar refractivity (Wildman–Crippen MR) is 82.8 cm³/mol. The van der Waals surface area contributed by atoms with Gasteiger partial charge in [-0.1, -0.05) is 35.2 Å². The van der Waals surface area contributed by atoms with Gasteiger partial charge in [-0.15, -0.1) is 0 Å². The number of benzene rings is 1. The Labute approximate surface area is 132 Å². The summed E-state index contributed by atoms with van der Waals surface area (Å²) in [6.07, 6.45) is 8.28. The molecule has 0 N–H and O–H groups in total. The van der Waals surface area contributed by atoms with Gasteiger partial charge >= 0.3 is 0 Å². The Morgan fingerprint density at radius 3 is 2.86 bits per heavy atom. The van der Waals surface area contributed by atoms with E-state index in [-0.39, 0.29) is 18.2 Å². The number of halogens is 2. The third-order valence-electron chi connectivity index (χ3n) is 3.88. The van der Waals surface area contributed by atoms with Crippen LogP contribution in [0.25, 0.3) is 0 Å². The summed E-state index contributed by atoms with van der Waals surface area (Å²) in [5.41, 5.74) is 0.833. The monoisotopic (exact) mass is 352 g/mol. The highest BCUT2D eigenvalue weighted by Crippen LogP contribution is 2.28. The normalized spacial score (nSPS) is 16.1. The van der Waals surface area contributed by atoms with Gasteiger partial charge in [-0.05, 0) is 37.1 Å². The molecule has 3 rings (SSSR count). The molecule has 0 atom stereocenters. The van der Waals surface area contributed by atoms with Gasteiger partial charge in [-0.3, -0.25) is 4.68 Å². The van der Waals surface area contributed by atoms with Crippen molar-refractivity contribution in [3.05, 3.63) is 46.4 Å². The van der Waals surface area contributed by atoms with E-state index < -0.39 is 0 Å². The van der Waals surface area contributed by atoms with E-state index in [0.29, 0.717) is 6.04 Å². The first-order valence-electron chi connectivity index (χ1n) is 7.34. The van der Waals surface area contributed by atoms with Crippen molar-refractivity contribution in [3.63, 3.8) is 0 Å². The van der Waals surface area contributed by atoms with E-state index in [9.17, 15) is 4.39 Å². The van der Waals surface area contributed by atoms with Crippen molar-refractivity contribution in [2.45, 2.75) is 44.8 Å². The lowest BCUT2D eigenvalue weighted by Gasteiger charge is -2.21. The van der Waals surface area contributed by atoms with Crippen molar-refractivity contribution in [1.29, 1.82) is 0 Å². The molecule has 0 saturated heterocycles. The van der Waals surface area contributed by atoms with Crippen LogP contribution in [0.5, 0.6) is 5.75 Å². The zero-order valence-corrected chi connectivity index (χ0v) is 13.4. The Morgan fingerprint density at radius 1 is 1.24 bits per heavy atom. The van der Waals surface area contributed by atoms with Crippen LogP contribution in [0.2, 0.25) is 0 Å². The molecule has 3 nitrogen and oxygen atoms in total. The smallest absolute Gasteiger partial charge is 0.165 e. The molecule has 1 heterocycles. The second-order valence-corrected chi connectivity index (χ2v) is 6.36. The quantitative estimate of drug-likeness (QED) is 0.784. The molecular formula is C16H18BrFN2O. The Bertz CT molecular complexity index is 608. The highest BCUT2D eigenvalue weighted by molar-refractivity contribution is 9.10. The van der Waals surface area contributed by atoms with Crippen LogP contribution in [0, 0.1) is 5.82 Å². The molecule has 5 heteroatoms. The highest BCUT2D eigenvalue weighted by Gasteiger charge is 2.16. The maximum atomic E-state index is 13.6. The molecule has 1 saturated carbocycles. The fourth-order valence-electron chi connectivity index (χ4n) is 2.74. The molecule has 1 aliphatic carbocycles.